The van der Waals surface area contributed by atoms with Gasteiger partial charge in [0.2, 0.25) is 0 Å². The third-order valence-electron chi connectivity index (χ3n) is 4.62. The molecule has 1 aliphatic heterocycles. The average molecular weight is 432 g/mol. The molecule has 0 saturated carbocycles. The normalized spacial score (nSPS) is 15.8. The highest BCUT2D eigenvalue weighted by Gasteiger charge is 2.25. The number of likely N-dealkylation sites (tertiary alicyclic amines) is 1. The number of carbonyl (C=O) groups excluding carboxylic acids is 2. The van der Waals surface area contributed by atoms with Crippen molar-refractivity contribution in [2.75, 3.05) is 37.9 Å². The number of amides is 3. The number of rotatable bonds is 6. The van der Waals surface area contributed by atoms with Crippen LogP contribution in [-0.2, 0) is 16.1 Å². The molecule has 0 bridgehead atoms. The van der Waals surface area contributed by atoms with E-state index in [1.807, 2.05) is 0 Å². The first-order valence-corrected chi connectivity index (χ1v) is 9.79. The number of aromatic nitrogens is 1. The largest absolute Gasteiger partial charge is 0.488 e. The summed E-state index contributed by atoms with van der Waals surface area (Å²) in [4.78, 5) is 29.7. The molecule has 1 unspecified atom stereocenters. The van der Waals surface area contributed by atoms with Crippen molar-refractivity contribution in [3.8, 4) is 5.75 Å². The monoisotopic (exact) mass is 432 g/mol. The van der Waals surface area contributed by atoms with Crippen molar-refractivity contribution in [3.63, 3.8) is 0 Å². The summed E-state index contributed by atoms with van der Waals surface area (Å²) in [6, 6.07) is 6.82. The lowest BCUT2D eigenvalue weighted by Crippen LogP contribution is -2.44. The number of halogens is 1. The smallest absolute Gasteiger partial charge is 0.409 e. The molecule has 9 nitrogen and oxygen atoms in total. The van der Waals surface area contributed by atoms with E-state index in [1.165, 1.54) is 31.5 Å². The van der Waals surface area contributed by atoms with Gasteiger partial charge in [-0.2, -0.15) is 0 Å². The molecule has 0 spiro atoms. The van der Waals surface area contributed by atoms with Gasteiger partial charge in [0.1, 0.15) is 17.7 Å². The minimum Gasteiger partial charge on any atom is -0.488 e. The molecule has 1 aliphatic rings. The lowest BCUT2D eigenvalue weighted by atomic mass is 10.1. The maximum absolute atomic E-state index is 14.1. The molecule has 1 fully saturated rings. The third-order valence-corrected chi connectivity index (χ3v) is 4.62. The SMILES string of the molecule is COCc1ccc(NC(=O)Nc2cc(F)cc(OC3CCCN(C(=O)OC)C3)c2)cn1. The highest BCUT2D eigenvalue weighted by atomic mass is 19.1. The number of ether oxygens (including phenoxy) is 3. The Bertz CT molecular complexity index is 909. The minimum absolute atomic E-state index is 0.233. The van der Waals surface area contributed by atoms with Crippen LogP contribution in [-0.4, -0.2) is 55.4 Å². The number of methoxy groups -OCH3 is 2. The fourth-order valence-corrected chi connectivity index (χ4v) is 3.25. The zero-order chi connectivity index (χ0) is 22.2. The Morgan fingerprint density at radius 3 is 2.71 bits per heavy atom. The summed E-state index contributed by atoms with van der Waals surface area (Å²) in [5, 5.41) is 5.21. The van der Waals surface area contributed by atoms with E-state index in [0.717, 1.165) is 18.5 Å². The van der Waals surface area contributed by atoms with Crippen LogP contribution in [0.2, 0.25) is 0 Å². The second-order valence-corrected chi connectivity index (χ2v) is 7.02. The van der Waals surface area contributed by atoms with Gasteiger partial charge in [0.15, 0.2) is 0 Å². The molecule has 2 aromatic rings. The van der Waals surface area contributed by atoms with Crippen molar-refractivity contribution in [3.05, 3.63) is 48.0 Å². The van der Waals surface area contributed by atoms with Crippen molar-refractivity contribution in [1.82, 2.24) is 9.88 Å². The van der Waals surface area contributed by atoms with E-state index in [1.54, 1.807) is 24.1 Å². The second kappa shape index (κ2) is 10.6. The van der Waals surface area contributed by atoms with Gasteiger partial charge < -0.3 is 29.7 Å². The molecule has 0 radical (unpaired) electrons. The van der Waals surface area contributed by atoms with Gasteiger partial charge in [-0.25, -0.2) is 14.0 Å². The molecule has 10 heteroatoms. The van der Waals surface area contributed by atoms with Gasteiger partial charge in [0, 0.05) is 31.5 Å². The number of hydrogen-bond donors (Lipinski definition) is 2. The Hall–Kier alpha value is -3.40. The quantitative estimate of drug-likeness (QED) is 0.723. The predicted octanol–water partition coefficient (Wildman–Crippen LogP) is 3.62. The minimum atomic E-state index is -0.556. The van der Waals surface area contributed by atoms with Crippen molar-refractivity contribution in [2.24, 2.45) is 0 Å². The standard InChI is InChI=1S/C21H25FN4O5/c1-29-13-16-6-5-15(11-23-16)24-20(27)25-17-8-14(22)9-19(10-17)31-18-4-3-7-26(12-18)21(28)30-2/h5-6,8-11,18H,3-4,7,12-13H2,1-2H3,(H2,24,25,27). The number of carbonyl (C=O) groups is 2. The maximum atomic E-state index is 14.1. The molecular formula is C21H25FN4O5. The zero-order valence-corrected chi connectivity index (χ0v) is 17.4. The number of nitrogens with one attached hydrogen (secondary N) is 2. The Kier molecular flexibility index (Phi) is 7.60. The Labute approximate surface area is 179 Å². The van der Waals surface area contributed by atoms with Gasteiger partial charge in [-0.05, 0) is 31.0 Å². The van der Waals surface area contributed by atoms with Crippen molar-refractivity contribution in [2.45, 2.75) is 25.6 Å². The highest BCUT2D eigenvalue weighted by Crippen LogP contribution is 2.24. The fraction of sp³-hybridized carbons (Fsp3) is 0.381. The van der Waals surface area contributed by atoms with E-state index in [9.17, 15) is 14.0 Å². The zero-order valence-electron chi connectivity index (χ0n) is 17.4. The number of piperidine rings is 1. The lowest BCUT2D eigenvalue weighted by molar-refractivity contribution is 0.0693. The van der Waals surface area contributed by atoms with Gasteiger partial charge in [-0.3, -0.25) is 4.98 Å². The van der Waals surface area contributed by atoms with Crippen LogP contribution >= 0.6 is 0 Å². The molecule has 3 amide bonds. The summed E-state index contributed by atoms with van der Waals surface area (Å²) in [6.45, 7) is 1.30. The predicted molar refractivity (Wildman–Crippen MR) is 112 cm³/mol. The van der Waals surface area contributed by atoms with Crippen LogP contribution in [0.25, 0.3) is 0 Å². The maximum Gasteiger partial charge on any atom is 0.409 e. The van der Waals surface area contributed by atoms with Crippen LogP contribution in [0, 0.1) is 5.82 Å². The number of urea groups is 1. The summed E-state index contributed by atoms with van der Waals surface area (Å²) in [5.74, 6) is -0.295. The first kappa shape index (κ1) is 22.3. The molecule has 1 aromatic carbocycles. The van der Waals surface area contributed by atoms with E-state index < -0.39 is 17.9 Å². The summed E-state index contributed by atoms with van der Waals surface area (Å²) in [6.07, 6.45) is 2.26. The van der Waals surface area contributed by atoms with E-state index >= 15 is 0 Å². The van der Waals surface area contributed by atoms with Crippen LogP contribution in [0.4, 0.5) is 25.4 Å². The van der Waals surface area contributed by atoms with Gasteiger partial charge in [0.05, 0.1) is 37.8 Å². The average Bonchev–Trinajstić information content (AvgIpc) is 2.74. The molecule has 2 N–H and O–H groups in total. The first-order chi connectivity index (χ1) is 15.0. The van der Waals surface area contributed by atoms with Gasteiger partial charge in [-0.15, -0.1) is 0 Å². The topological polar surface area (TPSA) is 102 Å². The summed E-state index contributed by atoms with van der Waals surface area (Å²) < 4.78 is 29.7. The van der Waals surface area contributed by atoms with Crippen LogP contribution in [0.1, 0.15) is 18.5 Å². The van der Waals surface area contributed by atoms with Crippen molar-refractivity contribution in [1.29, 1.82) is 0 Å². The summed E-state index contributed by atoms with van der Waals surface area (Å²) in [5.41, 5.74) is 1.45. The fourth-order valence-electron chi connectivity index (χ4n) is 3.25. The molecule has 2 heterocycles. The highest BCUT2D eigenvalue weighted by molar-refractivity contribution is 5.99. The molecule has 1 atom stereocenters. The molecule has 3 rings (SSSR count). The van der Waals surface area contributed by atoms with E-state index in [4.69, 9.17) is 14.2 Å². The van der Waals surface area contributed by atoms with Crippen molar-refractivity contribution >= 4 is 23.5 Å². The number of anilines is 2. The number of benzene rings is 1. The molecule has 31 heavy (non-hydrogen) atoms. The van der Waals surface area contributed by atoms with Crippen molar-refractivity contribution < 1.29 is 28.2 Å². The Morgan fingerprint density at radius 1 is 1.19 bits per heavy atom. The first-order valence-electron chi connectivity index (χ1n) is 9.79. The molecule has 1 saturated heterocycles. The van der Waals surface area contributed by atoms with Gasteiger partial charge >= 0.3 is 12.1 Å². The van der Waals surface area contributed by atoms with E-state index in [2.05, 4.69) is 15.6 Å². The third kappa shape index (κ3) is 6.54. The van der Waals surface area contributed by atoms with Crippen LogP contribution < -0.4 is 15.4 Å². The molecular weight excluding hydrogens is 407 g/mol. The van der Waals surface area contributed by atoms with E-state index in [0.29, 0.717) is 25.4 Å². The van der Waals surface area contributed by atoms with Gasteiger partial charge in [-0.1, -0.05) is 0 Å². The Balaban J connectivity index is 1.60. The number of nitrogens with zero attached hydrogens (tertiary/aromatic N) is 2. The number of pyridine rings is 1. The van der Waals surface area contributed by atoms with Gasteiger partial charge in [0.25, 0.3) is 0 Å². The summed E-state index contributed by atoms with van der Waals surface area (Å²) in [7, 11) is 2.90. The number of hydrogen-bond acceptors (Lipinski definition) is 6. The lowest BCUT2D eigenvalue weighted by Gasteiger charge is -2.31. The van der Waals surface area contributed by atoms with Crippen LogP contribution in [0.5, 0.6) is 5.75 Å². The molecule has 0 aliphatic carbocycles. The summed E-state index contributed by atoms with van der Waals surface area (Å²) >= 11 is 0. The molecule has 166 valence electrons. The van der Waals surface area contributed by atoms with Crippen LogP contribution in [0.3, 0.4) is 0 Å². The molecule has 1 aromatic heterocycles. The second-order valence-electron chi connectivity index (χ2n) is 7.02. The van der Waals surface area contributed by atoms with Crippen LogP contribution in [0.15, 0.2) is 36.5 Å². The Morgan fingerprint density at radius 2 is 2.00 bits per heavy atom. The van der Waals surface area contributed by atoms with E-state index in [-0.39, 0.29) is 17.5 Å².